The lowest BCUT2D eigenvalue weighted by molar-refractivity contribution is -0.143. The summed E-state index contributed by atoms with van der Waals surface area (Å²) in [5, 5.41) is 3.52. The largest absolute Gasteiger partial charge is 0.466 e. The van der Waals surface area contributed by atoms with Gasteiger partial charge in [0.15, 0.2) is 0 Å². The number of para-hydroxylation sites is 2. The van der Waals surface area contributed by atoms with Gasteiger partial charge in [-0.1, -0.05) is 48.5 Å². The molecule has 3 aromatic heterocycles. The molecule has 0 saturated carbocycles. The van der Waals surface area contributed by atoms with Crippen LogP contribution < -0.4 is 5.32 Å². The van der Waals surface area contributed by atoms with Crippen molar-refractivity contribution in [1.29, 1.82) is 0 Å². The van der Waals surface area contributed by atoms with Gasteiger partial charge in [-0.15, -0.1) is 0 Å². The maximum Gasteiger partial charge on any atom is 0.307 e. The Morgan fingerprint density at radius 1 is 0.977 bits per heavy atom. The van der Waals surface area contributed by atoms with E-state index in [-0.39, 0.29) is 24.5 Å². The van der Waals surface area contributed by atoms with Crippen LogP contribution in [-0.2, 0) is 35.6 Å². The fourth-order valence-corrected chi connectivity index (χ4v) is 5.98. The van der Waals surface area contributed by atoms with Gasteiger partial charge >= 0.3 is 5.97 Å². The molecular formula is C35H38N6O2. The van der Waals surface area contributed by atoms with Crippen LogP contribution in [0.1, 0.15) is 72.2 Å². The van der Waals surface area contributed by atoms with Crippen LogP contribution in [0.4, 0.5) is 0 Å². The number of carbonyl (C=O) groups is 1. The first-order valence-corrected chi connectivity index (χ1v) is 15.2. The number of aryl methyl sites for hydroxylation is 1. The van der Waals surface area contributed by atoms with E-state index >= 15 is 0 Å². The number of H-pyrrole nitrogens is 1. The fourth-order valence-electron chi connectivity index (χ4n) is 5.98. The molecule has 5 aromatic rings. The SMILES string of the molecule is CCOC(=O)CC(NCc1ccc(CN(Cc2nc3ccccc3[nH]2)C2CCCc3cccnc32)cc1)c1ccccn1. The lowest BCUT2D eigenvalue weighted by Crippen LogP contribution is -2.31. The first-order chi connectivity index (χ1) is 21.2. The van der Waals surface area contributed by atoms with Gasteiger partial charge in [-0.2, -0.15) is 0 Å². The van der Waals surface area contributed by atoms with E-state index in [1.165, 1.54) is 16.8 Å². The van der Waals surface area contributed by atoms with Crippen molar-refractivity contribution in [2.24, 2.45) is 0 Å². The number of ether oxygens (including phenoxy) is 1. The number of hydrogen-bond donors (Lipinski definition) is 2. The zero-order valence-electron chi connectivity index (χ0n) is 24.6. The summed E-state index contributed by atoms with van der Waals surface area (Å²) in [6, 6.07) is 26.9. The van der Waals surface area contributed by atoms with E-state index in [9.17, 15) is 4.79 Å². The number of imidazole rings is 1. The maximum absolute atomic E-state index is 12.3. The number of pyridine rings is 2. The summed E-state index contributed by atoms with van der Waals surface area (Å²) in [6.07, 6.45) is 7.20. The smallest absolute Gasteiger partial charge is 0.307 e. The number of aromatic amines is 1. The van der Waals surface area contributed by atoms with Gasteiger partial charge in [0, 0.05) is 25.5 Å². The monoisotopic (exact) mass is 574 g/mol. The van der Waals surface area contributed by atoms with Crippen molar-refractivity contribution in [2.75, 3.05) is 6.61 Å². The topological polar surface area (TPSA) is 96.0 Å². The number of nitrogens with one attached hydrogen (secondary N) is 2. The molecule has 43 heavy (non-hydrogen) atoms. The number of fused-ring (bicyclic) bond motifs is 2. The minimum absolute atomic E-state index is 0.224. The Morgan fingerprint density at radius 2 is 1.79 bits per heavy atom. The summed E-state index contributed by atoms with van der Waals surface area (Å²) < 4.78 is 5.21. The summed E-state index contributed by atoms with van der Waals surface area (Å²) >= 11 is 0. The van der Waals surface area contributed by atoms with E-state index < -0.39 is 0 Å². The van der Waals surface area contributed by atoms with Gasteiger partial charge in [0.2, 0.25) is 0 Å². The summed E-state index contributed by atoms with van der Waals surface area (Å²) in [7, 11) is 0. The third-order valence-electron chi connectivity index (χ3n) is 8.08. The molecule has 8 nitrogen and oxygen atoms in total. The Kier molecular flexibility index (Phi) is 9.16. The van der Waals surface area contributed by atoms with Crippen LogP contribution in [0.25, 0.3) is 11.0 Å². The van der Waals surface area contributed by atoms with Crippen molar-refractivity contribution < 1.29 is 9.53 Å². The van der Waals surface area contributed by atoms with Crippen LogP contribution in [0.2, 0.25) is 0 Å². The van der Waals surface area contributed by atoms with E-state index in [0.717, 1.165) is 53.9 Å². The highest BCUT2D eigenvalue weighted by molar-refractivity contribution is 5.74. The number of aromatic nitrogens is 4. The third-order valence-corrected chi connectivity index (χ3v) is 8.08. The van der Waals surface area contributed by atoms with Crippen molar-refractivity contribution >= 4 is 17.0 Å². The Morgan fingerprint density at radius 3 is 2.60 bits per heavy atom. The van der Waals surface area contributed by atoms with Gasteiger partial charge in [0.1, 0.15) is 5.82 Å². The molecule has 6 rings (SSSR count). The average Bonchev–Trinajstić information content (AvgIpc) is 3.46. The van der Waals surface area contributed by atoms with Crippen molar-refractivity contribution in [3.05, 3.63) is 125 Å². The number of benzene rings is 2. The Balaban J connectivity index is 1.18. The minimum atomic E-state index is -0.232. The highest BCUT2D eigenvalue weighted by atomic mass is 16.5. The Hall–Kier alpha value is -4.40. The molecule has 2 aromatic carbocycles. The molecule has 0 fully saturated rings. The summed E-state index contributed by atoms with van der Waals surface area (Å²) in [4.78, 5) is 32.5. The van der Waals surface area contributed by atoms with Crippen molar-refractivity contribution in [3.63, 3.8) is 0 Å². The third kappa shape index (κ3) is 7.16. The lowest BCUT2D eigenvalue weighted by atomic mass is 9.90. The van der Waals surface area contributed by atoms with Crippen molar-refractivity contribution in [2.45, 2.75) is 64.3 Å². The quantitative estimate of drug-likeness (QED) is 0.171. The summed E-state index contributed by atoms with van der Waals surface area (Å²) in [5.74, 6) is 0.733. The Bertz CT molecular complexity index is 1600. The van der Waals surface area contributed by atoms with Crippen LogP contribution >= 0.6 is 0 Å². The highest BCUT2D eigenvalue weighted by Crippen LogP contribution is 2.34. The van der Waals surface area contributed by atoms with Gasteiger partial charge in [-0.25, -0.2) is 4.98 Å². The first-order valence-electron chi connectivity index (χ1n) is 15.2. The van der Waals surface area contributed by atoms with Crippen LogP contribution in [0.5, 0.6) is 0 Å². The fraction of sp³-hybridized carbons (Fsp3) is 0.314. The van der Waals surface area contributed by atoms with Crippen molar-refractivity contribution in [1.82, 2.24) is 30.2 Å². The molecule has 8 heteroatoms. The molecule has 0 radical (unpaired) electrons. The second kappa shape index (κ2) is 13.7. The average molecular weight is 575 g/mol. The molecule has 1 aliphatic carbocycles. The Labute approximate surface area is 252 Å². The number of hydrogen-bond acceptors (Lipinski definition) is 7. The van der Waals surface area contributed by atoms with Crippen molar-refractivity contribution in [3.8, 4) is 0 Å². The second-order valence-electron chi connectivity index (χ2n) is 11.1. The molecule has 2 atom stereocenters. The van der Waals surface area contributed by atoms with Gasteiger partial charge in [0.25, 0.3) is 0 Å². The van der Waals surface area contributed by atoms with Gasteiger partial charge < -0.3 is 15.0 Å². The van der Waals surface area contributed by atoms with Crippen LogP contribution in [0, 0.1) is 0 Å². The summed E-state index contributed by atoms with van der Waals surface area (Å²) in [6.45, 7) is 4.29. The molecule has 2 unspecified atom stereocenters. The molecule has 1 aliphatic rings. The molecule has 0 amide bonds. The highest BCUT2D eigenvalue weighted by Gasteiger charge is 2.28. The van der Waals surface area contributed by atoms with E-state index in [1.807, 2.05) is 49.5 Å². The van der Waals surface area contributed by atoms with Gasteiger partial charge in [-0.3, -0.25) is 19.7 Å². The molecule has 220 valence electrons. The molecular weight excluding hydrogens is 536 g/mol. The van der Waals surface area contributed by atoms with Crippen LogP contribution in [0.3, 0.4) is 0 Å². The number of esters is 1. The minimum Gasteiger partial charge on any atom is -0.466 e. The molecule has 0 saturated heterocycles. The van der Waals surface area contributed by atoms with E-state index in [2.05, 4.69) is 62.6 Å². The van der Waals surface area contributed by atoms with E-state index in [4.69, 9.17) is 14.7 Å². The molecule has 3 heterocycles. The standard InChI is InChI=1S/C35H38N6O2/c1-2-43-34(42)21-31(28-11-5-6-19-36-28)38-22-25-15-17-26(18-16-25)23-41(24-33-39-29-12-3-4-13-30(29)40-33)32-14-7-9-27-10-8-20-37-35(27)32/h3-6,8,10-13,15-20,31-32,38H,2,7,9,14,21-24H2,1H3,(H,39,40). The lowest BCUT2D eigenvalue weighted by Gasteiger charge is -2.34. The molecule has 0 spiro atoms. The van der Waals surface area contributed by atoms with Gasteiger partial charge in [-0.05, 0) is 73.2 Å². The first kappa shape index (κ1) is 28.7. The molecule has 0 bridgehead atoms. The number of rotatable bonds is 12. The second-order valence-corrected chi connectivity index (χ2v) is 11.1. The zero-order valence-corrected chi connectivity index (χ0v) is 24.6. The van der Waals surface area contributed by atoms with Gasteiger partial charge in [0.05, 0.1) is 54.1 Å². The number of carbonyl (C=O) groups excluding carboxylic acids is 1. The van der Waals surface area contributed by atoms with Crippen LogP contribution in [-0.4, -0.2) is 37.4 Å². The van der Waals surface area contributed by atoms with E-state index in [1.54, 1.807) is 6.20 Å². The predicted molar refractivity (Wildman–Crippen MR) is 167 cm³/mol. The summed E-state index contributed by atoms with van der Waals surface area (Å²) in [5.41, 5.74) is 7.78. The van der Waals surface area contributed by atoms with Crippen LogP contribution in [0.15, 0.2) is 91.3 Å². The molecule has 0 aliphatic heterocycles. The zero-order chi connectivity index (χ0) is 29.4. The van der Waals surface area contributed by atoms with E-state index in [0.29, 0.717) is 19.7 Å². The maximum atomic E-state index is 12.3. The number of nitrogens with zero attached hydrogens (tertiary/aromatic N) is 4. The normalized spacial score (nSPS) is 15.3. The predicted octanol–water partition coefficient (Wildman–Crippen LogP) is 6.22. The molecule has 2 N–H and O–H groups in total.